The van der Waals surface area contributed by atoms with Crippen molar-refractivity contribution >= 4 is 60.4 Å². The minimum Gasteiger partial charge on any atom is -0.512 e. The van der Waals surface area contributed by atoms with Crippen LogP contribution in [0, 0.1) is 16.9 Å². The zero-order valence-corrected chi connectivity index (χ0v) is 34.4. The van der Waals surface area contributed by atoms with Gasteiger partial charge in [0, 0.05) is 75.8 Å². The van der Waals surface area contributed by atoms with Crippen molar-refractivity contribution in [2.24, 2.45) is 10.8 Å². The van der Waals surface area contributed by atoms with E-state index in [4.69, 9.17) is 4.98 Å². The van der Waals surface area contributed by atoms with E-state index in [0.29, 0.717) is 0 Å². The normalized spacial score (nSPS) is 12.3. The third kappa shape index (κ3) is 6.67. The fourth-order valence-corrected chi connectivity index (χ4v) is 7.38. The van der Waals surface area contributed by atoms with Crippen LogP contribution in [0.4, 0.5) is 0 Å². The number of allylic oxidation sites excluding steroid dienone is 2. The molecular weight excluding hydrogens is 843 g/mol. The van der Waals surface area contributed by atoms with Crippen molar-refractivity contribution < 1.29 is 30.0 Å². The number of hydrogen-bond acceptors (Lipinski definition) is 3. The van der Waals surface area contributed by atoms with E-state index in [1.54, 1.807) is 0 Å². The molecule has 8 rings (SSSR count). The maximum absolute atomic E-state index is 12.2. The largest absolute Gasteiger partial charge is 0.512 e. The molecule has 54 heavy (non-hydrogen) atoms. The smallest absolute Gasteiger partial charge is 0.164 e. The molecule has 0 aliphatic rings. The molecule has 0 saturated carbocycles. The van der Waals surface area contributed by atoms with Crippen molar-refractivity contribution in [3.05, 3.63) is 139 Å². The molecule has 3 aromatic heterocycles. The minimum absolute atomic E-state index is 0. The van der Waals surface area contributed by atoms with Gasteiger partial charge >= 0.3 is 0 Å². The molecule has 5 aromatic carbocycles. The van der Waals surface area contributed by atoms with Crippen LogP contribution in [0.5, 0.6) is 0 Å². The standard InChI is InChI=1S/C33H20N3.C15H28O2.Ir/c1-3-12-23(13-4-1)35-27-18-9-16-25-31(27)32-28(35)19-10-20-29(32)36(24-14-5-2-6-15-24)30-21-22-11-7-8-17-26(22)34-33(25)30;1-7-14(5,8-2)12(16)11-13(17)15(6,9-3)10-4;/h1-15,17-21H;11,16H,7-10H2,1-6H3;/q-1;;/b;12-11-;. The summed E-state index contributed by atoms with van der Waals surface area (Å²) in [7, 11) is 0. The number of aliphatic hydroxyl groups is 1. The number of para-hydroxylation sites is 3. The Morgan fingerprint density at radius 1 is 0.667 bits per heavy atom. The summed E-state index contributed by atoms with van der Waals surface area (Å²) >= 11 is 0. The summed E-state index contributed by atoms with van der Waals surface area (Å²) in [5, 5.41) is 14.7. The van der Waals surface area contributed by atoms with Gasteiger partial charge in [0.05, 0.1) is 5.52 Å². The molecular formula is C48H48IrN3O2-. The number of carbonyl (C=O) groups is 1. The zero-order valence-electron chi connectivity index (χ0n) is 32.0. The summed E-state index contributed by atoms with van der Waals surface area (Å²) in [6.07, 6.45) is 4.75. The molecule has 3 heterocycles. The van der Waals surface area contributed by atoms with Crippen molar-refractivity contribution in [1.29, 1.82) is 0 Å². The van der Waals surface area contributed by atoms with Crippen LogP contribution in [0.15, 0.2) is 133 Å². The van der Waals surface area contributed by atoms with E-state index in [1.807, 2.05) is 47.6 Å². The average Bonchev–Trinajstić information content (AvgIpc) is 3.50. The molecule has 0 aliphatic carbocycles. The number of nitrogens with zero attached hydrogens (tertiary/aromatic N) is 3. The minimum atomic E-state index is -0.337. The number of benzene rings is 5. The van der Waals surface area contributed by atoms with Gasteiger partial charge in [-0.1, -0.05) is 108 Å². The van der Waals surface area contributed by atoms with Gasteiger partial charge in [-0.2, -0.15) is 0 Å². The summed E-state index contributed by atoms with van der Waals surface area (Å²) < 4.78 is 4.72. The van der Waals surface area contributed by atoms with E-state index >= 15 is 0 Å². The second-order valence-corrected chi connectivity index (χ2v) is 14.6. The maximum Gasteiger partial charge on any atom is 0.164 e. The summed E-state index contributed by atoms with van der Waals surface area (Å²) in [4.78, 5) is 17.4. The number of rotatable bonds is 9. The molecule has 0 aliphatic heterocycles. The van der Waals surface area contributed by atoms with E-state index < -0.39 is 0 Å². The van der Waals surface area contributed by atoms with Gasteiger partial charge in [-0.25, -0.2) is 0 Å². The number of aromatic nitrogens is 3. The molecule has 0 atom stereocenters. The SMILES string of the molecule is CCC(C)(CC)C(=O)/C=C(\O)C(C)(CC)CC.[Ir].[c-]1ccc2c3c1c1nc4ccccc4cc1n(-c1ccccc1)c1cccc(c31)n2-c1ccccc1. The van der Waals surface area contributed by atoms with E-state index in [2.05, 4.69) is 130 Å². The molecule has 0 bridgehead atoms. The number of hydrogen-bond donors (Lipinski definition) is 1. The van der Waals surface area contributed by atoms with Crippen LogP contribution in [0.2, 0.25) is 0 Å². The van der Waals surface area contributed by atoms with Crippen LogP contribution in [0.3, 0.4) is 0 Å². The molecule has 277 valence electrons. The topological polar surface area (TPSA) is 60.0 Å². The van der Waals surface area contributed by atoms with Crippen LogP contribution in [0.1, 0.15) is 67.2 Å². The molecule has 0 saturated heterocycles. The van der Waals surface area contributed by atoms with Crippen molar-refractivity contribution in [3.63, 3.8) is 0 Å². The number of carbonyl (C=O) groups excluding carboxylic acids is 1. The Morgan fingerprint density at radius 2 is 1.19 bits per heavy atom. The Morgan fingerprint density at radius 3 is 1.76 bits per heavy atom. The quantitative estimate of drug-likeness (QED) is 0.0892. The van der Waals surface area contributed by atoms with Gasteiger partial charge in [-0.3, -0.25) is 9.78 Å². The van der Waals surface area contributed by atoms with Crippen LogP contribution in [-0.4, -0.2) is 25.0 Å². The monoisotopic (exact) mass is 891 g/mol. The Labute approximate surface area is 331 Å². The van der Waals surface area contributed by atoms with Gasteiger partial charge in [0.15, 0.2) is 5.78 Å². The summed E-state index contributed by atoms with van der Waals surface area (Å²) in [5.41, 5.74) is 8.14. The Hall–Kier alpha value is -5.03. The molecule has 0 amide bonds. The predicted molar refractivity (Wildman–Crippen MR) is 222 cm³/mol. The number of aliphatic hydroxyl groups excluding tert-OH is 1. The van der Waals surface area contributed by atoms with Crippen molar-refractivity contribution in [3.8, 4) is 11.4 Å². The first kappa shape index (κ1) is 38.7. The molecule has 5 nitrogen and oxygen atoms in total. The van der Waals surface area contributed by atoms with E-state index in [0.717, 1.165) is 75.4 Å². The number of pyridine rings is 1. The average molecular weight is 891 g/mol. The first-order valence-electron chi connectivity index (χ1n) is 18.9. The second kappa shape index (κ2) is 15.8. The Balaban J connectivity index is 0.000000238. The number of fused-ring (bicyclic) bond motifs is 3. The summed E-state index contributed by atoms with van der Waals surface area (Å²) in [6, 6.07) is 46.2. The fraction of sp³-hybridized carbons (Fsp3) is 0.250. The molecule has 1 radical (unpaired) electrons. The summed E-state index contributed by atoms with van der Waals surface area (Å²) in [5.74, 6) is 0.286. The van der Waals surface area contributed by atoms with E-state index in [9.17, 15) is 9.90 Å². The molecule has 0 spiro atoms. The third-order valence-electron chi connectivity index (χ3n) is 11.8. The molecule has 6 heteroatoms. The van der Waals surface area contributed by atoms with Gasteiger partial charge in [0.1, 0.15) is 5.76 Å². The van der Waals surface area contributed by atoms with Crippen molar-refractivity contribution in [2.75, 3.05) is 0 Å². The zero-order chi connectivity index (χ0) is 37.3. The Bertz CT molecular complexity index is 2610. The molecule has 1 N–H and O–H groups in total. The molecule has 0 unspecified atom stereocenters. The predicted octanol–water partition coefficient (Wildman–Crippen LogP) is 12.9. The van der Waals surface area contributed by atoms with Crippen LogP contribution >= 0.6 is 0 Å². The van der Waals surface area contributed by atoms with Gasteiger partial charge in [-0.05, 0) is 85.1 Å². The second-order valence-electron chi connectivity index (χ2n) is 14.6. The van der Waals surface area contributed by atoms with Gasteiger partial charge in [-0.15, -0.1) is 23.6 Å². The maximum atomic E-state index is 12.2. The van der Waals surface area contributed by atoms with Gasteiger partial charge in [0.25, 0.3) is 0 Å². The fourth-order valence-electron chi connectivity index (χ4n) is 7.38. The third-order valence-corrected chi connectivity index (χ3v) is 11.8. The van der Waals surface area contributed by atoms with Crippen molar-refractivity contribution in [2.45, 2.75) is 67.2 Å². The van der Waals surface area contributed by atoms with Crippen molar-refractivity contribution in [1.82, 2.24) is 14.1 Å². The summed E-state index contributed by atoms with van der Waals surface area (Å²) in [6.45, 7) is 12.1. The Kier molecular flexibility index (Phi) is 11.3. The van der Waals surface area contributed by atoms with Crippen LogP contribution in [0.25, 0.3) is 66.0 Å². The molecule has 0 fully saturated rings. The number of ketones is 1. The van der Waals surface area contributed by atoms with Gasteiger partial charge in [0.2, 0.25) is 0 Å². The van der Waals surface area contributed by atoms with E-state index in [1.165, 1.54) is 22.4 Å². The first-order chi connectivity index (χ1) is 25.7. The first-order valence-corrected chi connectivity index (χ1v) is 18.9. The van der Waals surface area contributed by atoms with Gasteiger partial charge < -0.3 is 14.2 Å². The van der Waals surface area contributed by atoms with Crippen LogP contribution in [-0.2, 0) is 24.9 Å². The van der Waals surface area contributed by atoms with Crippen LogP contribution < -0.4 is 0 Å². The molecule has 8 aromatic rings. The van der Waals surface area contributed by atoms with E-state index in [-0.39, 0.29) is 42.5 Å².